The third-order valence-corrected chi connectivity index (χ3v) is 7.22. The van der Waals surface area contributed by atoms with Gasteiger partial charge in [-0.05, 0) is 25.5 Å². The molecule has 0 spiro atoms. The lowest BCUT2D eigenvalue weighted by atomic mass is 10.1. The first-order valence-corrected chi connectivity index (χ1v) is 10.2. The molecule has 2 aromatic heterocycles. The smallest absolute Gasteiger partial charge is 0.246 e. The Hall–Kier alpha value is -2.16. The maximum atomic E-state index is 12.9. The van der Waals surface area contributed by atoms with Crippen molar-refractivity contribution < 1.29 is 8.42 Å². The van der Waals surface area contributed by atoms with Crippen LogP contribution in [0.4, 0.5) is 0 Å². The van der Waals surface area contributed by atoms with E-state index in [1.54, 1.807) is 18.2 Å². The summed E-state index contributed by atoms with van der Waals surface area (Å²) in [4.78, 5) is 5.92. The molecule has 1 aliphatic heterocycles. The van der Waals surface area contributed by atoms with Gasteiger partial charge < -0.3 is 4.98 Å². The molecule has 0 atom stereocenters. The lowest BCUT2D eigenvalue weighted by Crippen LogP contribution is -2.48. The molecule has 0 amide bonds. The van der Waals surface area contributed by atoms with Gasteiger partial charge in [0, 0.05) is 49.8 Å². The molecule has 8 heteroatoms. The molecular weight excluding hydrogens is 350 g/mol. The van der Waals surface area contributed by atoms with Crippen molar-refractivity contribution >= 4 is 20.9 Å². The summed E-state index contributed by atoms with van der Waals surface area (Å²) in [5.74, 6) is 0. The molecule has 3 aromatic rings. The largest absolute Gasteiger partial charge is 0.361 e. The van der Waals surface area contributed by atoms with E-state index < -0.39 is 10.0 Å². The van der Waals surface area contributed by atoms with Gasteiger partial charge in [-0.1, -0.05) is 18.2 Å². The number of hydrogen-bond donors (Lipinski definition) is 2. The molecule has 138 valence electrons. The van der Waals surface area contributed by atoms with Gasteiger partial charge in [-0.3, -0.25) is 10.00 Å². The molecule has 1 aliphatic rings. The number of para-hydroxylation sites is 1. The second kappa shape index (κ2) is 6.53. The molecule has 2 N–H and O–H groups in total. The second-order valence-corrected chi connectivity index (χ2v) is 8.68. The highest BCUT2D eigenvalue weighted by Crippen LogP contribution is 2.24. The number of piperazine rings is 1. The fraction of sp³-hybridized carbons (Fsp3) is 0.389. The number of sulfonamides is 1. The van der Waals surface area contributed by atoms with Crippen LogP contribution in [-0.4, -0.2) is 59.0 Å². The van der Waals surface area contributed by atoms with Crippen LogP contribution in [-0.2, 0) is 16.6 Å². The Labute approximate surface area is 153 Å². The van der Waals surface area contributed by atoms with Crippen LogP contribution in [0.5, 0.6) is 0 Å². The Morgan fingerprint density at radius 1 is 1.12 bits per heavy atom. The van der Waals surface area contributed by atoms with E-state index >= 15 is 0 Å². The second-order valence-electron chi connectivity index (χ2n) is 6.80. The summed E-state index contributed by atoms with van der Waals surface area (Å²) in [5.41, 5.74) is 3.51. The fourth-order valence-corrected chi connectivity index (χ4v) is 5.43. The predicted molar refractivity (Wildman–Crippen MR) is 100 cm³/mol. The zero-order valence-corrected chi connectivity index (χ0v) is 15.8. The van der Waals surface area contributed by atoms with Crippen LogP contribution in [0.15, 0.2) is 35.4 Å². The molecule has 3 heterocycles. The van der Waals surface area contributed by atoms with Gasteiger partial charge in [0.2, 0.25) is 10.0 Å². The summed E-state index contributed by atoms with van der Waals surface area (Å²) in [6.07, 6.45) is 2.05. The van der Waals surface area contributed by atoms with E-state index in [0.717, 1.165) is 12.1 Å². The summed E-state index contributed by atoms with van der Waals surface area (Å²) in [6, 6.07) is 8.25. The number of aryl methyl sites for hydroxylation is 2. The van der Waals surface area contributed by atoms with Gasteiger partial charge in [0.25, 0.3) is 0 Å². The van der Waals surface area contributed by atoms with Gasteiger partial charge >= 0.3 is 0 Å². The molecule has 4 rings (SSSR count). The SMILES string of the molecule is Cc1n[nH]c(C)c1S(=O)(=O)N1CCN(Cc2c[nH]c3ccccc23)CC1. The van der Waals surface area contributed by atoms with E-state index in [0.29, 0.717) is 42.5 Å². The molecule has 0 unspecified atom stereocenters. The number of rotatable bonds is 4. The van der Waals surface area contributed by atoms with E-state index in [4.69, 9.17) is 0 Å². The van der Waals surface area contributed by atoms with Crippen molar-refractivity contribution in [2.24, 2.45) is 0 Å². The van der Waals surface area contributed by atoms with Gasteiger partial charge in [0.15, 0.2) is 0 Å². The van der Waals surface area contributed by atoms with Gasteiger partial charge in [0.1, 0.15) is 4.90 Å². The van der Waals surface area contributed by atoms with E-state index in [2.05, 4.69) is 32.2 Å². The van der Waals surface area contributed by atoms with Crippen LogP contribution < -0.4 is 0 Å². The lowest BCUT2D eigenvalue weighted by Gasteiger charge is -2.33. The van der Waals surface area contributed by atoms with E-state index in [-0.39, 0.29) is 0 Å². The standard InChI is InChI=1S/C18H23N5O2S/c1-13-18(14(2)21-20-13)26(24,25)23-9-7-22(8-10-23)12-15-11-19-17-6-4-3-5-16(15)17/h3-6,11,19H,7-10,12H2,1-2H3,(H,20,21). The maximum Gasteiger partial charge on any atom is 0.246 e. The van der Waals surface area contributed by atoms with Crippen molar-refractivity contribution in [2.75, 3.05) is 26.2 Å². The molecule has 26 heavy (non-hydrogen) atoms. The monoisotopic (exact) mass is 373 g/mol. The molecule has 1 aromatic carbocycles. The maximum absolute atomic E-state index is 12.9. The van der Waals surface area contributed by atoms with Crippen LogP contribution in [0.25, 0.3) is 10.9 Å². The third-order valence-electron chi connectivity index (χ3n) is 5.06. The van der Waals surface area contributed by atoms with Gasteiger partial charge in [-0.15, -0.1) is 0 Å². The number of aromatic nitrogens is 3. The zero-order valence-electron chi connectivity index (χ0n) is 15.0. The van der Waals surface area contributed by atoms with Crippen molar-refractivity contribution in [3.05, 3.63) is 47.4 Å². The Bertz CT molecular complexity index is 1010. The van der Waals surface area contributed by atoms with Crippen LogP contribution >= 0.6 is 0 Å². The number of benzene rings is 1. The average Bonchev–Trinajstić information content (AvgIpc) is 3.19. The van der Waals surface area contributed by atoms with E-state index in [9.17, 15) is 8.42 Å². The summed E-state index contributed by atoms with van der Waals surface area (Å²) >= 11 is 0. The average molecular weight is 373 g/mol. The first kappa shape index (κ1) is 17.3. The predicted octanol–water partition coefficient (Wildman–Crippen LogP) is 2.01. The Morgan fingerprint density at radius 3 is 2.54 bits per heavy atom. The third kappa shape index (κ3) is 2.94. The van der Waals surface area contributed by atoms with Gasteiger partial charge in [-0.2, -0.15) is 9.40 Å². The van der Waals surface area contributed by atoms with Crippen LogP contribution in [0, 0.1) is 13.8 Å². The molecule has 0 radical (unpaired) electrons. The van der Waals surface area contributed by atoms with Crippen LogP contribution in [0.1, 0.15) is 17.0 Å². The molecule has 1 fully saturated rings. The number of nitrogens with zero attached hydrogens (tertiary/aromatic N) is 3. The quantitative estimate of drug-likeness (QED) is 0.733. The summed E-state index contributed by atoms with van der Waals surface area (Å²) < 4.78 is 27.4. The normalized spacial score (nSPS) is 17.2. The van der Waals surface area contributed by atoms with Crippen LogP contribution in [0.3, 0.4) is 0 Å². The minimum absolute atomic E-state index is 0.322. The van der Waals surface area contributed by atoms with E-state index in [1.807, 2.05) is 18.3 Å². The topological polar surface area (TPSA) is 85.1 Å². The lowest BCUT2D eigenvalue weighted by molar-refractivity contribution is 0.182. The van der Waals surface area contributed by atoms with Gasteiger partial charge in [-0.25, -0.2) is 8.42 Å². The van der Waals surface area contributed by atoms with Crippen molar-refractivity contribution in [2.45, 2.75) is 25.3 Å². The Balaban J connectivity index is 1.46. The number of hydrogen-bond acceptors (Lipinski definition) is 4. The number of H-pyrrole nitrogens is 2. The minimum Gasteiger partial charge on any atom is -0.361 e. The Kier molecular flexibility index (Phi) is 4.34. The fourth-order valence-electron chi connectivity index (χ4n) is 3.68. The first-order valence-electron chi connectivity index (χ1n) is 8.76. The Morgan fingerprint density at radius 2 is 1.85 bits per heavy atom. The summed E-state index contributed by atoms with van der Waals surface area (Å²) in [7, 11) is -3.49. The molecule has 0 bridgehead atoms. The molecule has 1 saturated heterocycles. The molecular formula is C18H23N5O2S. The highest BCUT2D eigenvalue weighted by molar-refractivity contribution is 7.89. The molecule has 0 saturated carbocycles. The molecule has 7 nitrogen and oxygen atoms in total. The van der Waals surface area contributed by atoms with Crippen molar-refractivity contribution in [1.82, 2.24) is 24.4 Å². The summed E-state index contributed by atoms with van der Waals surface area (Å²) in [5, 5.41) is 8.02. The minimum atomic E-state index is -3.49. The number of aromatic amines is 2. The summed E-state index contributed by atoms with van der Waals surface area (Å²) in [6.45, 7) is 6.72. The highest BCUT2D eigenvalue weighted by atomic mass is 32.2. The number of nitrogens with one attached hydrogen (secondary N) is 2. The first-order chi connectivity index (χ1) is 12.5. The number of fused-ring (bicyclic) bond motifs is 1. The van der Waals surface area contributed by atoms with Crippen molar-refractivity contribution in [3.8, 4) is 0 Å². The highest BCUT2D eigenvalue weighted by Gasteiger charge is 2.32. The van der Waals surface area contributed by atoms with Crippen molar-refractivity contribution in [1.29, 1.82) is 0 Å². The molecule has 0 aliphatic carbocycles. The van der Waals surface area contributed by atoms with Crippen molar-refractivity contribution in [3.63, 3.8) is 0 Å². The van der Waals surface area contributed by atoms with E-state index in [1.165, 1.54) is 10.9 Å². The van der Waals surface area contributed by atoms with Crippen LogP contribution in [0.2, 0.25) is 0 Å². The zero-order chi connectivity index (χ0) is 18.3. The van der Waals surface area contributed by atoms with Gasteiger partial charge in [0.05, 0.1) is 11.4 Å².